The highest BCUT2D eigenvalue weighted by atomic mass is 79.9. The minimum atomic E-state index is 1.15. The highest BCUT2D eigenvalue weighted by Gasteiger charge is 1.90. The second-order valence-corrected chi connectivity index (χ2v) is 6.35. The number of hydrogen-bond donors (Lipinski definition) is 0. The molecule has 0 aromatic heterocycles. The van der Waals surface area contributed by atoms with Crippen molar-refractivity contribution in [3.63, 3.8) is 0 Å². The van der Waals surface area contributed by atoms with E-state index in [2.05, 4.69) is 55.4 Å². The lowest BCUT2D eigenvalue weighted by molar-refractivity contribution is 1.13. The van der Waals surface area contributed by atoms with Gasteiger partial charge in [0.1, 0.15) is 0 Å². The van der Waals surface area contributed by atoms with Gasteiger partial charge in [0.25, 0.3) is 0 Å². The number of halogens is 2. The summed E-state index contributed by atoms with van der Waals surface area (Å²) in [5.74, 6) is 5.26. The number of rotatable bonds is 9. The van der Waals surface area contributed by atoms with Gasteiger partial charge in [-0.05, 0) is 24.3 Å². The molecule has 0 aromatic carbocycles. The summed E-state index contributed by atoms with van der Waals surface area (Å²) in [6, 6.07) is 0. The highest BCUT2D eigenvalue weighted by Crippen LogP contribution is 2.10. The average molecular weight is 336 g/mol. The molecule has 0 saturated carbocycles. The van der Waals surface area contributed by atoms with E-state index in [4.69, 9.17) is 0 Å². The summed E-state index contributed by atoms with van der Waals surface area (Å²) in [4.78, 5) is 0. The van der Waals surface area contributed by atoms with Crippen LogP contribution >= 0.6 is 55.4 Å². The van der Waals surface area contributed by atoms with Gasteiger partial charge in [0.2, 0.25) is 0 Å². The molecular formula is C8H16Br2S2. The summed E-state index contributed by atoms with van der Waals surface area (Å²) < 4.78 is 0. The van der Waals surface area contributed by atoms with E-state index in [0.717, 1.165) is 10.7 Å². The summed E-state index contributed by atoms with van der Waals surface area (Å²) in [7, 11) is 0. The van der Waals surface area contributed by atoms with Crippen LogP contribution in [0.2, 0.25) is 0 Å². The second kappa shape index (κ2) is 12.7. The van der Waals surface area contributed by atoms with Crippen molar-refractivity contribution in [3.8, 4) is 0 Å². The fraction of sp³-hybridized carbons (Fsp3) is 1.00. The zero-order valence-electron chi connectivity index (χ0n) is 7.23. The van der Waals surface area contributed by atoms with Crippen molar-refractivity contribution in [1.29, 1.82) is 0 Å². The zero-order valence-corrected chi connectivity index (χ0v) is 12.0. The van der Waals surface area contributed by atoms with Crippen molar-refractivity contribution in [2.75, 3.05) is 33.7 Å². The first-order valence-corrected chi connectivity index (χ1v) is 8.74. The first-order chi connectivity index (χ1) is 5.91. The average Bonchev–Trinajstić information content (AvgIpc) is 2.10. The third kappa shape index (κ3) is 11.7. The first kappa shape index (κ1) is 13.7. The Bertz CT molecular complexity index is 71.5. The predicted molar refractivity (Wildman–Crippen MR) is 71.5 cm³/mol. The monoisotopic (exact) mass is 334 g/mol. The van der Waals surface area contributed by atoms with E-state index in [1.807, 2.05) is 0 Å². The fourth-order valence-corrected chi connectivity index (χ4v) is 3.99. The Balaban J connectivity index is 2.73. The lowest BCUT2D eigenvalue weighted by atomic mass is 10.6. The van der Waals surface area contributed by atoms with E-state index in [1.165, 1.54) is 35.9 Å². The summed E-state index contributed by atoms with van der Waals surface area (Å²) >= 11 is 11.0. The third-order valence-electron chi connectivity index (χ3n) is 1.22. The van der Waals surface area contributed by atoms with Gasteiger partial charge in [0, 0.05) is 22.2 Å². The second-order valence-electron chi connectivity index (χ2n) is 2.31. The van der Waals surface area contributed by atoms with Crippen molar-refractivity contribution in [2.45, 2.75) is 12.8 Å². The lowest BCUT2D eigenvalue weighted by Crippen LogP contribution is -1.89. The molecule has 0 unspecified atom stereocenters. The molecule has 12 heavy (non-hydrogen) atoms. The highest BCUT2D eigenvalue weighted by molar-refractivity contribution is 9.09. The van der Waals surface area contributed by atoms with Crippen molar-refractivity contribution < 1.29 is 0 Å². The molecule has 0 aliphatic heterocycles. The van der Waals surface area contributed by atoms with Gasteiger partial charge in [0.05, 0.1) is 0 Å². The van der Waals surface area contributed by atoms with Gasteiger partial charge in [0.15, 0.2) is 0 Å². The van der Waals surface area contributed by atoms with Gasteiger partial charge in [-0.3, -0.25) is 0 Å². The number of thioether (sulfide) groups is 2. The van der Waals surface area contributed by atoms with Crippen LogP contribution in [-0.4, -0.2) is 33.7 Å². The van der Waals surface area contributed by atoms with Gasteiger partial charge < -0.3 is 0 Å². The molecule has 0 saturated heterocycles. The Morgan fingerprint density at radius 3 is 1.42 bits per heavy atom. The summed E-state index contributed by atoms with van der Waals surface area (Å²) in [6.07, 6.45) is 2.60. The van der Waals surface area contributed by atoms with Crippen molar-refractivity contribution in [1.82, 2.24) is 0 Å². The standard InChI is InChI=1S/C8H16Br2S2/c9-3-1-5-11-7-8-12-6-2-4-10/h1-8H2. The van der Waals surface area contributed by atoms with Crippen LogP contribution in [0.25, 0.3) is 0 Å². The molecular weight excluding hydrogens is 320 g/mol. The molecule has 74 valence electrons. The molecule has 0 spiro atoms. The maximum Gasteiger partial charge on any atom is 0.00391 e. The van der Waals surface area contributed by atoms with Crippen LogP contribution in [0.15, 0.2) is 0 Å². The van der Waals surface area contributed by atoms with Gasteiger partial charge in [-0.1, -0.05) is 31.9 Å². The predicted octanol–water partition coefficient (Wildman–Crippen LogP) is 4.02. The molecule has 0 heterocycles. The van der Waals surface area contributed by atoms with Gasteiger partial charge in [-0.15, -0.1) is 0 Å². The molecule has 0 aliphatic rings. The summed E-state index contributed by atoms with van der Waals surface area (Å²) in [6.45, 7) is 0. The fourth-order valence-electron chi connectivity index (χ4n) is 0.635. The molecule has 0 rings (SSSR count). The quantitative estimate of drug-likeness (QED) is 0.461. The Hall–Kier alpha value is 1.66. The normalized spacial score (nSPS) is 10.5. The molecule has 0 bridgehead atoms. The molecule has 0 amide bonds. The Labute approximate surface area is 101 Å². The van der Waals surface area contributed by atoms with Gasteiger partial charge >= 0.3 is 0 Å². The first-order valence-electron chi connectivity index (χ1n) is 4.19. The van der Waals surface area contributed by atoms with Crippen molar-refractivity contribution in [2.24, 2.45) is 0 Å². The third-order valence-corrected chi connectivity index (χ3v) is 4.74. The van der Waals surface area contributed by atoms with E-state index in [-0.39, 0.29) is 0 Å². The number of alkyl halides is 2. The minimum absolute atomic E-state index is 1.15. The van der Waals surface area contributed by atoms with Crippen LogP contribution < -0.4 is 0 Å². The SMILES string of the molecule is BrCCCSCCSCCCBr. The van der Waals surface area contributed by atoms with E-state index < -0.39 is 0 Å². The topological polar surface area (TPSA) is 0 Å². The van der Waals surface area contributed by atoms with E-state index >= 15 is 0 Å². The van der Waals surface area contributed by atoms with E-state index in [9.17, 15) is 0 Å². The summed E-state index contributed by atoms with van der Waals surface area (Å²) in [5, 5.41) is 2.30. The lowest BCUT2D eigenvalue weighted by Gasteiger charge is -1.99. The Morgan fingerprint density at radius 2 is 1.08 bits per heavy atom. The van der Waals surface area contributed by atoms with Crippen LogP contribution in [0.4, 0.5) is 0 Å². The molecule has 0 atom stereocenters. The Morgan fingerprint density at radius 1 is 0.667 bits per heavy atom. The maximum absolute atomic E-state index is 3.43. The number of hydrogen-bond acceptors (Lipinski definition) is 2. The van der Waals surface area contributed by atoms with Gasteiger partial charge in [-0.2, -0.15) is 23.5 Å². The van der Waals surface area contributed by atoms with Crippen molar-refractivity contribution in [3.05, 3.63) is 0 Å². The van der Waals surface area contributed by atoms with E-state index in [1.54, 1.807) is 0 Å². The van der Waals surface area contributed by atoms with Crippen LogP contribution in [0.3, 0.4) is 0 Å². The van der Waals surface area contributed by atoms with E-state index in [0.29, 0.717) is 0 Å². The molecule has 0 radical (unpaired) electrons. The Kier molecular flexibility index (Phi) is 14.4. The zero-order chi connectivity index (χ0) is 9.07. The van der Waals surface area contributed by atoms with Crippen LogP contribution in [0.5, 0.6) is 0 Å². The van der Waals surface area contributed by atoms with Crippen molar-refractivity contribution >= 4 is 55.4 Å². The minimum Gasteiger partial charge on any atom is -0.161 e. The summed E-state index contributed by atoms with van der Waals surface area (Å²) in [5.41, 5.74) is 0. The molecule has 0 aliphatic carbocycles. The molecule has 0 fully saturated rings. The molecule has 0 N–H and O–H groups in total. The van der Waals surface area contributed by atoms with Crippen LogP contribution in [0, 0.1) is 0 Å². The largest absolute Gasteiger partial charge is 0.161 e. The maximum atomic E-state index is 3.43. The molecule has 0 aromatic rings. The smallest absolute Gasteiger partial charge is 0.00391 e. The van der Waals surface area contributed by atoms with Crippen LogP contribution in [-0.2, 0) is 0 Å². The molecule has 4 heteroatoms. The molecule has 0 nitrogen and oxygen atoms in total. The van der Waals surface area contributed by atoms with Crippen LogP contribution in [0.1, 0.15) is 12.8 Å². The van der Waals surface area contributed by atoms with Gasteiger partial charge in [-0.25, -0.2) is 0 Å².